The minimum absolute atomic E-state index is 0.0281. The van der Waals surface area contributed by atoms with Gasteiger partial charge in [-0.15, -0.1) is 0 Å². The molecule has 2 aromatic rings. The van der Waals surface area contributed by atoms with E-state index in [0.717, 1.165) is 16.8 Å². The molecule has 0 saturated heterocycles. The predicted molar refractivity (Wildman–Crippen MR) is 85.0 cm³/mol. The van der Waals surface area contributed by atoms with Crippen LogP contribution in [0.2, 0.25) is 0 Å². The SMILES string of the molecule is Cc1cn(C(C)(C)C(=O)NC(C)C)nc1-c1ccccc1. The molecule has 1 amide bonds. The largest absolute Gasteiger partial charge is 0.352 e. The molecule has 0 aliphatic rings. The number of nitrogens with one attached hydrogen (secondary N) is 1. The number of aromatic nitrogens is 2. The van der Waals surface area contributed by atoms with Crippen molar-refractivity contribution >= 4 is 5.91 Å². The van der Waals surface area contributed by atoms with Gasteiger partial charge in [0, 0.05) is 17.8 Å². The number of hydrogen-bond donors (Lipinski definition) is 1. The van der Waals surface area contributed by atoms with E-state index in [0.29, 0.717) is 0 Å². The molecule has 1 N–H and O–H groups in total. The second-order valence-corrected chi connectivity index (χ2v) is 6.16. The molecule has 0 bridgehead atoms. The van der Waals surface area contributed by atoms with E-state index in [2.05, 4.69) is 10.4 Å². The van der Waals surface area contributed by atoms with Gasteiger partial charge in [0.05, 0.1) is 5.69 Å². The van der Waals surface area contributed by atoms with E-state index in [1.807, 2.05) is 71.1 Å². The highest BCUT2D eigenvalue weighted by Gasteiger charge is 2.31. The van der Waals surface area contributed by atoms with E-state index in [9.17, 15) is 4.79 Å². The Balaban J connectivity index is 2.36. The van der Waals surface area contributed by atoms with E-state index in [4.69, 9.17) is 0 Å². The van der Waals surface area contributed by atoms with Gasteiger partial charge in [0.25, 0.3) is 0 Å². The Labute approximate surface area is 126 Å². The van der Waals surface area contributed by atoms with E-state index in [1.54, 1.807) is 4.68 Å². The van der Waals surface area contributed by atoms with Crippen LogP contribution >= 0.6 is 0 Å². The number of nitrogens with zero attached hydrogens (tertiary/aromatic N) is 2. The van der Waals surface area contributed by atoms with Gasteiger partial charge in [-0.25, -0.2) is 0 Å². The summed E-state index contributed by atoms with van der Waals surface area (Å²) >= 11 is 0. The number of carbonyl (C=O) groups is 1. The summed E-state index contributed by atoms with van der Waals surface area (Å²) in [6.45, 7) is 9.69. The third kappa shape index (κ3) is 3.15. The number of amides is 1. The second kappa shape index (κ2) is 5.72. The number of hydrogen-bond acceptors (Lipinski definition) is 2. The quantitative estimate of drug-likeness (QED) is 0.938. The summed E-state index contributed by atoms with van der Waals surface area (Å²) in [4.78, 5) is 12.4. The van der Waals surface area contributed by atoms with Crippen LogP contribution in [0.25, 0.3) is 11.3 Å². The van der Waals surface area contributed by atoms with E-state index < -0.39 is 5.54 Å². The number of carbonyl (C=O) groups excluding carboxylic acids is 1. The lowest BCUT2D eigenvalue weighted by Gasteiger charge is -2.25. The summed E-state index contributed by atoms with van der Waals surface area (Å²) in [7, 11) is 0. The monoisotopic (exact) mass is 285 g/mol. The molecule has 0 aliphatic heterocycles. The third-order valence-electron chi connectivity index (χ3n) is 3.49. The molecule has 4 nitrogen and oxygen atoms in total. The van der Waals surface area contributed by atoms with Crippen molar-refractivity contribution < 1.29 is 4.79 Å². The molecule has 1 heterocycles. The molecule has 0 fully saturated rings. The van der Waals surface area contributed by atoms with Crippen molar-refractivity contribution in [3.8, 4) is 11.3 Å². The highest BCUT2D eigenvalue weighted by atomic mass is 16.2. The number of rotatable bonds is 4. The summed E-state index contributed by atoms with van der Waals surface area (Å²) in [6, 6.07) is 10.1. The first-order valence-electron chi connectivity index (χ1n) is 7.25. The Hall–Kier alpha value is -2.10. The average Bonchev–Trinajstić information content (AvgIpc) is 2.81. The van der Waals surface area contributed by atoms with E-state index in [1.165, 1.54) is 0 Å². The minimum atomic E-state index is -0.720. The molecule has 2 rings (SSSR count). The van der Waals surface area contributed by atoms with Gasteiger partial charge in [-0.05, 0) is 40.2 Å². The van der Waals surface area contributed by atoms with Crippen LogP contribution in [0.3, 0.4) is 0 Å². The lowest BCUT2D eigenvalue weighted by molar-refractivity contribution is -0.129. The molecule has 4 heteroatoms. The molecular weight excluding hydrogens is 262 g/mol. The lowest BCUT2D eigenvalue weighted by Crippen LogP contribution is -2.47. The first-order chi connectivity index (χ1) is 9.82. The molecule has 0 radical (unpaired) electrons. The van der Waals surface area contributed by atoms with Crippen molar-refractivity contribution in [1.29, 1.82) is 0 Å². The van der Waals surface area contributed by atoms with Crippen LogP contribution in [0, 0.1) is 6.92 Å². The third-order valence-corrected chi connectivity index (χ3v) is 3.49. The Bertz CT molecular complexity index is 627. The molecule has 0 unspecified atom stereocenters. The zero-order valence-corrected chi connectivity index (χ0v) is 13.3. The van der Waals surface area contributed by atoms with Crippen molar-refractivity contribution in [3.05, 3.63) is 42.1 Å². The van der Waals surface area contributed by atoms with Gasteiger partial charge in [0.2, 0.25) is 5.91 Å². The van der Waals surface area contributed by atoms with Crippen molar-refractivity contribution in [2.45, 2.75) is 46.2 Å². The van der Waals surface area contributed by atoms with Crippen molar-refractivity contribution in [2.24, 2.45) is 0 Å². The van der Waals surface area contributed by atoms with Crippen molar-refractivity contribution in [2.75, 3.05) is 0 Å². The van der Waals surface area contributed by atoms with Gasteiger partial charge in [-0.2, -0.15) is 5.10 Å². The molecule has 1 aromatic carbocycles. The molecular formula is C17H23N3O. The lowest BCUT2D eigenvalue weighted by atomic mass is 10.0. The maximum Gasteiger partial charge on any atom is 0.247 e. The minimum Gasteiger partial charge on any atom is -0.352 e. The fourth-order valence-corrected chi connectivity index (χ4v) is 2.17. The molecule has 21 heavy (non-hydrogen) atoms. The smallest absolute Gasteiger partial charge is 0.247 e. The molecule has 0 atom stereocenters. The first kappa shape index (κ1) is 15.3. The zero-order valence-electron chi connectivity index (χ0n) is 13.3. The van der Waals surface area contributed by atoms with Crippen LogP contribution in [0.1, 0.15) is 33.3 Å². The fourth-order valence-electron chi connectivity index (χ4n) is 2.17. The fraction of sp³-hybridized carbons (Fsp3) is 0.412. The maximum absolute atomic E-state index is 12.4. The number of aryl methyl sites for hydroxylation is 1. The summed E-state index contributed by atoms with van der Waals surface area (Å²) in [5, 5.41) is 7.59. The van der Waals surface area contributed by atoms with Crippen molar-refractivity contribution in [3.63, 3.8) is 0 Å². The van der Waals surface area contributed by atoms with Crippen LogP contribution < -0.4 is 5.32 Å². The van der Waals surface area contributed by atoms with Gasteiger partial charge in [-0.3, -0.25) is 9.48 Å². The van der Waals surface area contributed by atoms with Crippen LogP contribution in [0.4, 0.5) is 0 Å². The second-order valence-electron chi connectivity index (χ2n) is 6.16. The van der Waals surface area contributed by atoms with Crippen LogP contribution in [-0.4, -0.2) is 21.7 Å². The van der Waals surface area contributed by atoms with E-state index >= 15 is 0 Å². The van der Waals surface area contributed by atoms with Crippen LogP contribution in [-0.2, 0) is 10.3 Å². The van der Waals surface area contributed by atoms with Gasteiger partial charge in [0.1, 0.15) is 5.54 Å². The Morgan fingerprint density at radius 3 is 2.43 bits per heavy atom. The normalized spacial score (nSPS) is 11.7. The predicted octanol–water partition coefficient (Wildman–Crippen LogP) is 3.12. The molecule has 0 aliphatic carbocycles. The van der Waals surface area contributed by atoms with Crippen molar-refractivity contribution in [1.82, 2.24) is 15.1 Å². The topological polar surface area (TPSA) is 46.9 Å². The van der Waals surface area contributed by atoms with E-state index in [-0.39, 0.29) is 11.9 Å². The first-order valence-corrected chi connectivity index (χ1v) is 7.25. The summed E-state index contributed by atoms with van der Waals surface area (Å²) < 4.78 is 1.75. The summed E-state index contributed by atoms with van der Waals surface area (Å²) in [6.07, 6.45) is 1.93. The van der Waals surface area contributed by atoms with Gasteiger partial charge < -0.3 is 5.32 Å². The summed E-state index contributed by atoms with van der Waals surface area (Å²) in [5.74, 6) is -0.0281. The highest BCUT2D eigenvalue weighted by Crippen LogP contribution is 2.24. The molecule has 0 spiro atoms. The standard InChI is InChI=1S/C17H23N3O/c1-12(2)18-16(21)17(4,5)20-11-13(3)15(19-20)14-9-7-6-8-10-14/h6-12H,1-5H3,(H,18,21). The maximum atomic E-state index is 12.4. The molecule has 112 valence electrons. The van der Waals surface area contributed by atoms with Gasteiger partial charge >= 0.3 is 0 Å². The molecule has 0 saturated carbocycles. The Kier molecular flexibility index (Phi) is 4.16. The summed E-state index contributed by atoms with van der Waals surface area (Å²) in [5.41, 5.74) is 2.32. The Morgan fingerprint density at radius 2 is 1.86 bits per heavy atom. The van der Waals surface area contributed by atoms with Crippen LogP contribution in [0.15, 0.2) is 36.5 Å². The Morgan fingerprint density at radius 1 is 1.24 bits per heavy atom. The van der Waals surface area contributed by atoms with Gasteiger partial charge in [-0.1, -0.05) is 30.3 Å². The number of benzene rings is 1. The van der Waals surface area contributed by atoms with Gasteiger partial charge in [0.15, 0.2) is 0 Å². The average molecular weight is 285 g/mol. The zero-order chi connectivity index (χ0) is 15.6. The molecule has 1 aromatic heterocycles. The van der Waals surface area contributed by atoms with Crippen LogP contribution in [0.5, 0.6) is 0 Å². The highest BCUT2D eigenvalue weighted by molar-refractivity contribution is 5.83.